The topological polar surface area (TPSA) is 284 Å². The van der Waals surface area contributed by atoms with Crippen molar-refractivity contribution in [3.05, 3.63) is 140 Å². The number of hydrogen-bond acceptors (Lipinski definition) is 29. The number of benzene rings is 1. The molecule has 136 heavy (non-hydrogen) atoms. The van der Waals surface area contributed by atoms with Gasteiger partial charge in [0.05, 0.1) is 19.8 Å². The molecule has 1 saturated heterocycles. The van der Waals surface area contributed by atoms with Gasteiger partial charge in [0.25, 0.3) is 0 Å². The van der Waals surface area contributed by atoms with Gasteiger partial charge in [-0.2, -0.15) is 0 Å². The van der Waals surface area contributed by atoms with Gasteiger partial charge in [0, 0.05) is 167 Å². The summed E-state index contributed by atoms with van der Waals surface area (Å²) in [7, 11) is 13.1. The number of carbonyl (C=O) groups is 9. The van der Waals surface area contributed by atoms with Gasteiger partial charge in [-0.3, -0.25) is 24.5 Å². The molecule has 3 aliphatic rings. The number of piperidine rings is 1. The highest BCUT2D eigenvalue weighted by Crippen LogP contribution is 2.30. The lowest BCUT2D eigenvalue weighted by Gasteiger charge is -2.41. The third-order valence-corrected chi connectivity index (χ3v) is 21.2. The highest BCUT2D eigenvalue weighted by Gasteiger charge is 2.29. The molecule has 784 valence electrons. The summed E-state index contributed by atoms with van der Waals surface area (Å²) in [5.74, 6) is -2.70. The van der Waals surface area contributed by atoms with Gasteiger partial charge in [0.1, 0.15) is 59.5 Å². The summed E-state index contributed by atoms with van der Waals surface area (Å²) in [6.07, 6.45) is 23.3. The molecule has 29 nitrogen and oxygen atoms in total. The van der Waals surface area contributed by atoms with Crippen LogP contribution in [-0.4, -0.2) is 350 Å². The number of nitrogens with zero attached hydrogens (tertiary/aromatic N) is 9. The number of unbranched alkanes of at least 4 members (excludes halogenated alkanes) is 2. The molecular weight excluding hydrogens is 1730 g/mol. The molecule has 4 rings (SSSR count). The first-order valence-corrected chi connectivity index (χ1v) is 49.1. The number of methoxy groups -OCH3 is 2. The van der Waals surface area contributed by atoms with Gasteiger partial charge in [-0.05, 0) is 227 Å². The van der Waals surface area contributed by atoms with Crippen LogP contribution in [0.1, 0.15) is 233 Å². The van der Waals surface area contributed by atoms with Crippen molar-refractivity contribution in [2.45, 2.75) is 257 Å². The van der Waals surface area contributed by atoms with Crippen LogP contribution in [0.2, 0.25) is 0 Å². The van der Waals surface area contributed by atoms with Crippen LogP contribution in [-0.2, 0) is 95.3 Å². The summed E-state index contributed by atoms with van der Waals surface area (Å²) in [6.45, 7) is 84.2. The van der Waals surface area contributed by atoms with Gasteiger partial charge in [0.15, 0.2) is 0 Å². The van der Waals surface area contributed by atoms with Crippen molar-refractivity contribution in [3.63, 3.8) is 0 Å². The SMILES string of the molecule is C=C(C)C(=O)OCCN(C(C)C)C(C)C.C=C(C)C(=O)OCCN(C)C.C=C(C)C(=O)OCCN(C)CC.C=C(C)C(=O)OCCN(C)CCC.C=C(C)C(=O)OCCN(C)c1ccccc1.C=C(C)C(=O)OCCN(C1CCCCC1)C1CCCCC1.C=C(C)C(=O)OCCN(CCCC)CCCC.C=C(C)C(=O)OCCN(CCOC)CCOC.C=C(C)C(=O)OCCN1CCCCC1. The Labute approximate surface area is 825 Å². The summed E-state index contributed by atoms with van der Waals surface area (Å²) in [4.78, 5) is 120. The number of likely N-dealkylation sites (tertiary alicyclic amines) is 1. The Bertz CT molecular complexity index is 3390. The van der Waals surface area contributed by atoms with Crippen LogP contribution in [0.15, 0.2) is 140 Å². The summed E-state index contributed by atoms with van der Waals surface area (Å²) in [5.41, 5.74) is 5.22. The highest BCUT2D eigenvalue weighted by atomic mass is 16.6. The lowest BCUT2D eigenvalue weighted by molar-refractivity contribution is -0.140. The van der Waals surface area contributed by atoms with Gasteiger partial charge in [-0.15, -0.1) is 0 Å². The smallest absolute Gasteiger partial charge is 0.333 e. The maximum atomic E-state index is 11.5. The van der Waals surface area contributed by atoms with Crippen molar-refractivity contribution in [1.82, 2.24) is 39.2 Å². The Hall–Kier alpha value is -8.49. The lowest BCUT2D eigenvalue weighted by Crippen LogP contribution is -2.46. The Morgan fingerprint density at radius 1 is 0.331 bits per heavy atom. The van der Waals surface area contributed by atoms with E-state index in [2.05, 4.69) is 149 Å². The second-order valence-electron chi connectivity index (χ2n) is 35.5. The zero-order valence-corrected chi connectivity index (χ0v) is 89.8. The van der Waals surface area contributed by atoms with Crippen LogP contribution in [0, 0.1) is 0 Å². The number of ether oxygens (including phenoxy) is 11. The fourth-order valence-corrected chi connectivity index (χ4v) is 12.7. The standard InChI is InChI=1S/C18H31NO2.C14H27NO2.C13H17NO2.C12H23NO4.C12H23NO2.C11H19NO2.C10H19NO2.C9H17NO2.C8H15NO2/c1-15(2)18(20)21-14-13-19(16-9-5-3-6-10-16)17-11-7-4-8-12-17;1-5-7-9-15(10-8-6-2)11-12-17-14(16)13(3)4;1-11(2)13(15)16-10-9-14(3)12-7-5-4-6-8-12;1-11(2)12(14)17-10-7-13(5-8-15-3)6-9-16-4;1-9(2)12(14)15-8-7-13(10(3)4)11(5)6;1-10(2)11(13)14-9-8-12-6-4-3-5-7-12;1-5-6-11(4)7-8-13-10(12)9(2)3;1-5-10(4)6-7-12-9(11)8(2)3;1-7(2)8(10)11-6-5-9(3)4/h16-17H,1,3-14H2,2H3;3,5-12H2,1-2,4H3;4-8H,1,9-10H2,2-3H3;1,5-10H2,2-4H3;10-11H,1,7-8H2,2-6H3;1,3-9H2,2H3;2,5-8H2,1,3-4H3;2,5-7H2,1,3-4H3;1,5-6H2,2-4H3. The van der Waals surface area contributed by atoms with Gasteiger partial charge < -0.3 is 71.7 Å². The monoisotopic (exact) mass is 1920 g/mol. The lowest BCUT2D eigenvalue weighted by atomic mass is 9.88. The van der Waals surface area contributed by atoms with E-state index in [9.17, 15) is 43.2 Å². The molecular formula is C107H191N9O20. The van der Waals surface area contributed by atoms with E-state index in [1.54, 1.807) is 76.5 Å². The predicted molar refractivity (Wildman–Crippen MR) is 555 cm³/mol. The van der Waals surface area contributed by atoms with Gasteiger partial charge in [-0.25, -0.2) is 43.2 Å². The predicted octanol–water partition coefficient (Wildman–Crippen LogP) is 17.0. The Kier molecular flexibility index (Phi) is 89.1. The van der Waals surface area contributed by atoms with Crippen molar-refractivity contribution in [2.75, 3.05) is 238 Å². The Morgan fingerprint density at radius 3 is 0.926 bits per heavy atom. The van der Waals surface area contributed by atoms with E-state index in [1.165, 1.54) is 109 Å². The van der Waals surface area contributed by atoms with Crippen molar-refractivity contribution >= 4 is 59.4 Å². The molecule has 2 aliphatic carbocycles. The first kappa shape index (κ1) is 136. The molecule has 0 N–H and O–H groups in total. The van der Waals surface area contributed by atoms with E-state index in [4.69, 9.17) is 52.1 Å². The molecule has 2 saturated carbocycles. The van der Waals surface area contributed by atoms with Crippen molar-refractivity contribution in [3.8, 4) is 0 Å². The molecule has 0 aromatic heterocycles. The Morgan fingerprint density at radius 2 is 0.618 bits per heavy atom. The second kappa shape index (κ2) is 89.2. The fraction of sp³-hybridized carbons (Fsp3) is 0.692. The van der Waals surface area contributed by atoms with E-state index in [0.717, 1.165) is 110 Å². The third kappa shape index (κ3) is 81.5. The fourth-order valence-electron chi connectivity index (χ4n) is 12.7. The molecule has 1 aromatic carbocycles. The summed E-state index contributed by atoms with van der Waals surface area (Å²) < 4.78 is 55.3. The van der Waals surface area contributed by atoms with Crippen LogP contribution in [0.4, 0.5) is 5.69 Å². The molecule has 0 amide bonds. The molecule has 1 aliphatic heterocycles. The maximum Gasteiger partial charge on any atom is 0.333 e. The largest absolute Gasteiger partial charge is 0.461 e. The zero-order valence-electron chi connectivity index (χ0n) is 89.8. The maximum absolute atomic E-state index is 11.5. The van der Waals surface area contributed by atoms with E-state index < -0.39 is 0 Å². The number of rotatable bonds is 56. The average molecular weight is 1920 g/mol. The first-order chi connectivity index (χ1) is 64.3. The quantitative estimate of drug-likeness (QED) is 0.0333. The van der Waals surface area contributed by atoms with Gasteiger partial charge in [0.2, 0.25) is 0 Å². The van der Waals surface area contributed by atoms with Gasteiger partial charge >= 0.3 is 53.7 Å². The zero-order chi connectivity index (χ0) is 104. The van der Waals surface area contributed by atoms with E-state index in [0.29, 0.717) is 160 Å². The molecule has 1 aromatic rings. The third-order valence-electron chi connectivity index (χ3n) is 21.2. The minimum Gasteiger partial charge on any atom is -0.461 e. The molecule has 0 bridgehead atoms. The van der Waals surface area contributed by atoms with Crippen LogP contribution in [0.3, 0.4) is 0 Å². The van der Waals surface area contributed by atoms with Crippen LogP contribution >= 0.6 is 0 Å². The van der Waals surface area contributed by atoms with Crippen molar-refractivity contribution < 1.29 is 95.3 Å². The molecule has 0 atom stereocenters. The van der Waals surface area contributed by atoms with E-state index in [1.807, 2.05) is 75.4 Å². The number of anilines is 1. The summed E-state index contributed by atoms with van der Waals surface area (Å²) in [5, 5.41) is 0. The van der Waals surface area contributed by atoms with Crippen molar-refractivity contribution in [2.24, 2.45) is 0 Å². The van der Waals surface area contributed by atoms with Crippen LogP contribution < -0.4 is 4.90 Å². The van der Waals surface area contributed by atoms with E-state index >= 15 is 0 Å². The molecule has 0 radical (unpaired) electrons. The van der Waals surface area contributed by atoms with Crippen LogP contribution in [0.25, 0.3) is 0 Å². The molecule has 29 heteroatoms. The highest BCUT2D eigenvalue weighted by molar-refractivity contribution is 5.90. The Balaban J connectivity index is -0.000000476. The number of para-hydroxylation sites is 1. The second-order valence-corrected chi connectivity index (χ2v) is 35.5. The normalized spacial score (nSPS) is 12.8. The summed E-state index contributed by atoms with van der Waals surface area (Å²) >= 11 is 0. The molecule has 0 spiro atoms. The summed E-state index contributed by atoms with van der Waals surface area (Å²) in [6, 6.07) is 12.3. The van der Waals surface area contributed by atoms with Crippen LogP contribution in [0.5, 0.6) is 0 Å². The van der Waals surface area contributed by atoms with E-state index in [-0.39, 0.29) is 53.7 Å². The molecule has 1 heterocycles. The number of hydrogen-bond donors (Lipinski definition) is 0. The van der Waals surface area contributed by atoms with Gasteiger partial charge in [-0.1, -0.05) is 163 Å². The average Bonchev–Trinajstić information content (AvgIpc) is 0.849. The number of carbonyl (C=O) groups excluding carboxylic acids is 9. The minimum atomic E-state index is -0.344. The minimum absolute atomic E-state index is 0.248. The van der Waals surface area contributed by atoms with Crippen molar-refractivity contribution in [1.29, 1.82) is 0 Å². The molecule has 0 unspecified atom stereocenters. The number of esters is 9. The first-order valence-electron chi connectivity index (χ1n) is 49.1. The molecule has 3 fully saturated rings. The number of likely N-dealkylation sites (N-methyl/N-ethyl adjacent to an activating group) is 4.